The molecule has 0 aromatic heterocycles. The van der Waals surface area contributed by atoms with Gasteiger partial charge in [0.05, 0.1) is 5.71 Å². The van der Waals surface area contributed by atoms with E-state index >= 15 is 0 Å². The molecule has 1 spiro atoms. The quantitative estimate of drug-likeness (QED) is 0.680. The highest BCUT2D eigenvalue weighted by molar-refractivity contribution is 7.80. The Kier molecular flexibility index (Phi) is 5.87. The normalized spacial score (nSPS) is 22.3. The number of hydrogen-bond acceptors (Lipinski definition) is 3. The highest BCUT2D eigenvalue weighted by Gasteiger charge is 2.42. The fourth-order valence-corrected chi connectivity index (χ4v) is 5.09. The number of hydrogen-bond donors (Lipinski definition) is 1. The average Bonchev–Trinajstić information content (AvgIpc) is 3.12. The van der Waals surface area contributed by atoms with E-state index in [1.165, 1.54) is 43.2 Å². The lowest BCUT2D eigenvalue weighted by atomic mass is 9.84. The van der Waals surface area contributed by atoms with E-state index in [1.54, 1.807) is 0 Å². The Labute approximate surface area is 181 Å². The Bertz CT molecular complexity index is 751. The van der Waals surface area contributed by atoms with Gasteiger partial charge in [0, 0.05) is 38.4 Å². The molecule has 1 N–H and O–H groups in total. The molecule has 0 unspecified atom stereocenters. The largest absolute Gasteiger partial charge is 0.388 e. The van der Waals surface area contributed by atoms with Crippen molar-refractivity contribution in [2.75, 3.05) is 13.1 Å². The van der Waals surface area contributed by atoms with Gasteiger partial charge in [-0.2, -0.15) is 0 Å². The molecule has 2 fully saturated rings. The second-order valence-electron chi connectivity index (χ2n) is 10.1. The summed E-state index contributed by atoms with van der Waals surface area (Å²) in [5, 5.41) is 9.03. The number of nitrogens with zero attached hydrogens (tertiary/aromatic N) is 2. The van der Waals surface area contributed by atoms with E-state index in [0.717, 1.165) is 43.2 Å². The molecule has 1 aromatic rings. The van der Waals surface area contributed by atoms with E-state index < -0.39 is 0 Å². The summed E-state index contributed by atoms with van der Waals surface area (Å²) in [6, 6.07) is 9.41. The Balaban J connectivity index is 1.30. The van der Waals surface area contributed by atoms with Gasteiger partial charge in [-0.3, -0.25) is 0 Å². The maximum atomic E-state index is 6.02. The van der Waals surface area contributed by atoms with Crippen molar-refractivity contribution in [3.63, 3.8) is 0 Å². The standard InChI is InChI=1S/C24H35N3OS/c1-23(2,3)19-11-9-18(10-12-19)21-17-24(28-26-21)13-15-27(16-14-24)22(29)25-20-7-5-4-6-8-20/h9-12,20H,4-8,13-17H2,1-3H3,(H,25,29). The van der Waals surface area contributed by atoms with Crippen molar-refractivity contribution in [1.29, 1.82) is 0 Å². The predicted octanol–water partition coefficient (Wildman–Crippen LogP) is 5.15. The van der Waals surface area contributed by atoms with Crippen LogP contribution in [0, 0.1) is 0 Å². The number of nitrogens with one attached hydrogen (secondary N) is 1. The van der Waals surface area contributed by atoms with Crippen LogP contribution < -0.4 is 5.32 Å². The summed E-state index contributed by atoms with van der Waals surface area (Å²) >= 11 is 5.71. The van der Waals surface area contributed by atoms with Crippen LogP contribution in [0.2, 0.25) is 0 Å². The van der Waals surface area contributed by atoms with Gasteiger partial charge in [-0.05, 0) is 41.6 Å². The van der Waals surface area contributed by atoms with Crippen LogP contribution in [0.5, 0.6) is 0 Å². The van der Waals surface area contributed by atoms with Gasteiger partial charge in [-0.1, -0.05) is 69.5 Å². The molecule has 158 valence electrons. The molecule has 5 heteroatoms. The summed E-state index contributed by atoms with van der Waals surface area (Å²) in [6.07, 6.45) is 9.40. The SMILES string of the molecule is CC(C)(C)c1ccc(C2=NOC3(CCN(C(=S)NC4CCCCC4)CC3)C2)cc1. The first-order chi connectivity index (χ1) is 13.8. The molecule has 2 aliphatic heterocycles. The molecular weight excluding hydrogens is 378 g/mol. The van der Waals surface area contributed by atoms with Crippen molar-refractivity contribution < 1.29 is 4.84 Å². The minimum atomic E-state index is -0.144. The highest BCUT2D eigenvalue weighted by Crippen LogP contribution is 2.36. The van der Waals surface area contributed by atoms with Crippen LogP contribution in [0.4, 0.5) is 0 Å². The summed E-state index contributed by atoms with van der Waals surface area (Å²) in [4.78, 5) is 8.35. The Morgan fingerprint density at radius 1 is 1.10 bits per heavy atom. The van der Waals surface area contributed by atoms with Gasteiger partial charge in [0.25, 0.3) is 0 Å². The fraction of sp³-hybridized carbons (Fsp3) is 0.667. The van der Waals surface area contributed by atoms with Crippen LogP contribution in [0.25, 0.3) is 0 Å². The predicted molar refractivity (Wildman–Crippen MR) is 124 cm³/mol. The van der Waals surface area contributed by atoms with Crippen molar-refractivity contribution in [3.05, 3.63) is 35.4 Å². The van der Waals surface area contributed by atoms with Gasteiger partial charge in [0.15, 0.2) is 5.11 Å². The van der Waals surface area contributed by atoms with E-state index in [1.807, 2.05) is 0 Å². The number of likely N-dealkylation sites (tertiary alicyclic amines) is 1. The van der Waals surface area contributed by atoms with Gasteiger partial charge in [-0.15, -0.1) is 0 Å². The molecule has 4 nitrogen and oxygen atoms in total. The number of rotatable bonds is 2. The van der Waals surface area contributed by atoms with Crippen LogP contribution in [0.3, 0.4) is 0 Å². The maximum absolute atomic E-state index is 6.02. The van der Waals surface area contributed by atoms with Crippen molar-refractivity contribution in [2.45, 2.75) is 89.2 Å². The minimum Gasteiger partial charge on any atom is -0.388 e. The fourth-order valence-electron chi connectivity index (χ4n) is 4.74. The van der Waals surface area contributed by atoms with Crippen LogP contribution in [0.15, 0.2) is 29.4 Å². The molecule has 1 saturated heterocycles. The van der Waals surface area contributed by atoms with Crippen LogP contribution in [-0.4, -0.2) is 40.5 Å². The van der Waals surface area contributed by atoms with E-state index in [-0.39, 0.29) is 11.0 Å². The molecule has 1 aliphatic carbocycles. The summed E-state index contributed by atoms with van der Waals surface area (Å²) in [7, 11) is 0. The number of benzene rings is 1. The Hall–Kier alpha value is -1.62. The molecule has 1 aromatic carbocycles. The lowest BCUT2D eigenvalue weighted by Gasteiger charge is -2.39. The molecule has 3 aliphatic rings. The maximum Gasteiger partial charge on any atom is 0.169 e. The topological polar surface area (TPSA) is 36.9 Å². The summed E-state index contributed by atoms with van der Waals surface area (Å²) in [5.41, 5.74) is 3.65. The van der Waals surface area contributed by atoms with Crippen LogP contribution in [0.1, 0.15) is 83.3 Å². The molecule has 0 radical (unpaired) electrons. The van der Waals surface area contributed by atoms with Crippen molar-refractivity contribution in [1.82, 2.24) is 10.2 Å². The second kappa shape index (κ2) is 8.25. The van der Waals surface area contributed by atoms with E-state index in [4.69, 9.17) is 17.1 Å². The molecule has 0 bridgehead atoms. The van der Waals surface area contributed by atoms with Gasteiger partial charge in [0.1, 0.15) is 5.60 Å². The molecule has 2 heterocycles. The monoisotopic (exact) mass is 413 g/mol. The van der Waals surface area contributed by atoms with E-state index in [9.17, 15) is 0 Å². The van der Waals surface area contributed by atoms with Gasteiger partial charge >= 0.3 is 0 Å². The first-order valence-electron chi connectivity index (χ1n) is 11.3. The van der Waals surface area contributed by atoms with Crippen molar-refractivity contribution >= 4 is 23.0 Å². The zero-order valence-electron chi connectivity index (χ0n) is 18.2. The van der Waals surface area contributed by atoms with Gasteiger partial charge in [0.2, 0.25) is 0 Å². The number of piperidine rings is 1. The summed E-state index contributed by atoms with van der Waals surface area (Å²) < 4.78 is 0. The minimum absolute atomic E-state index is 0.144. The summed E-state index contributed by atoms with van der Waals surface area (Å²) in [6.45, 7) is 8.63. The molecule has 0 atom stereocenters. The molecule has 0 amide bonds. The third-order valence-corrected chi connectivity index (χ3v) is 7.19. The molecule has 29 heavy (non-hydrogen) atoms. The Morgan fingerprint density at radius 3 is 2.38 bits per heavy atom. The first-order valence-corrected chi connectivity index (χ1v) is 11.7. The lowest BCUT2D eigenvalue weighted by Crippen LogP contribution is -2.52. The third-order valence-electron chi connectivity index (χ3n) is 6.82. The van der Waals surface area contributed by atoms with Gasteiger partial charge < -0.3 is 15.1 Å². The molecule has 4 rings (SSSR count). The third kappa shape index (κ3) is 4.76. The zero-order chi connectivity index (χ0) is 20.5. The van der Waals surface area contributed by atoms with Crippen molar-refractivity contribution in [2.24, 2.45) is 5.16 Å². The van der Waals surface area contributed by atoms with Crippen LogP contribution >= 0.6 is 12.2 Å². The zero-order valence-corrected chi connectivity index (χ0v) is 19.0. The number of oxime groups is 1. The lowest BCUT2D eigenvalue weighted by molar-refractivity contribution is -0.0525. The number of thiocarbonyl (C=S) groups is 1. The smallest absolute Gasteiger partial charge is 0.169 e. The van der Waals surface area contributed by atoms with Crippen LogP contribution in [-0.2, 0) is 10.3 Å². The first kappa shape index (κ1) is 20.6. The van der Waals surface area contributed by atoms with E-state index in [2.05, 4.69) is 60.4 Å². The van der Waals surface area contributed by atoms with E-state index in [0.29, 0.717) is 6.04 Å². The van der Waals surface area contributed by atoms with Gasteiger partial charge in [-0.25, -0.2) is 0 Å². The Morgan fingerprint density at radius 2 is 1.76 bits per heavy atom. The van der Waals surface area contributed by atoms with Crippen molar-refractivity contribution in [3.8, 4) is 0 Å². The summed E-state index contributed by atoms with van der Waals surface area (Å²) in [5.74, 6) is 0. The highest BCUT2D eigenvalue weighted by atomic mass is 32.1. The molecular formula is C24H35N3OS. The average molecular weight is 414 g/mol. The second-order valence-corrected chi connectivity index (χ2v) is 10.5. The molecule has 1 saturated carbocycles.